The second-order valence-electron chi connectivity index (χ2n) is 8.77. The minimum atomic E-state index is -0.529. The number of carbonyl (C=O) groups excluding carboxylic acids is 2. The number of benzene rings is 1. The van der Waals surface area contributed by atoms with Crippen molar-refractivity contribution in [3.63, 3.8) is 0 Å². The van der Waals surface area contributed by atoms with E-state index in [2.05, 4.69) is 52.1 Å². The van der Waals surface area contributed by atoms with Crippen molar-refractivity contribution >= 4 is 23.2 Å². The minimum Gasteiger partial charge on any atom is -0.353 e. The van der Waals surface area contributed by atoms with E-state index in [4.69, 9.17) is 0 Å². The minimum absolute atomic E-state index is 0.0665. The number of rotatable bonds is 6. The summed E-state index contributed by atoms with van der Waals surface area (Å²) in [6.07, 6.45) is 3.56. The number of pyridine rings is 1. The molecule has 1 N–H and O–H groups in total. The number of likely N-dealkylation sites (tertiary alicyclic amines) is 1. The number of hydrogen-bond donors (Lipinski definition) is 1. The van der Waals surface area contributed by atoms with Gasteiger partial charge in [-0.3, -0.25) is 14.6 Å². The van der Waals surface area contributed by atoms with Gasteiger partial charge in [-0.1, -0.05) is 36.4 Å². The summed E-state index contributed by atoms with van der Waals surface area (Å²) in [6.45, 7) is 5.07. The molecule has 0 unspecified atom stereocenters. The summed E-state index contributed by atoms with van der Waals surface area (Å²) in [7, 11) is 0. The van der Waals surface area contributed by atoms with Gasteiger partial charge in [0.25, 0.3) is 5.91 Å². The normalized spacial score (nSPS) is 15.5. The van der Waals surface area contributed by atoms with Crippen LogP contribution in [0.3, 0.4) is 0 Å². The molecule has 1 aliphatic heterocycles. The Morgan fingerprint density at radius 3 is 2.56 bits per heavy atom. The number of thiophene rings is 1. The third kappa shape index (κ3) is 4.91. The van der Waals surface area contributed by atoms with Crippen LogP contribution in [0.25, 0.3) is 10.4 Å². The van der Waals surface area contributed by atoms with Crippen LogP contribution < -0.4 is 5.32 Å². The summed E-state index contributed by atoms with van der Waals surface area (Å²) in [5, 5.41) is 5.22. The number of carbonyl (C=O) groups is 2. The molecule has 1 fully saturated rings. The van der Waals surface area contributed by atoms with Gasteiger partial charge in [0.05, 0.1) is 5.41 Å². The zero-order valence-electron chi connectivity index (χ0n) is 18.6. The molecule has 4 rings (SSSR count). The maximum absolute atomic E-state index is 13.4. The van der Waals surface area contributed by atoms with Crippen LogP contribution in [0.1, 0.15) is 42.7 Å². The van der Waals surface area contributed by atoms with Gasteiger partial charge in [-0.25, -0.2) is 0 Å². The Kier molecular flexibility index (Phi) is 6.70. The molecule has 0 radical (unpaired) electrons. The number of hydrogen-bond acceptors (Lipinski definition) is 4. The molecule has 6 heteroatoms. The van der Waals surface area contributed by atoms with Gasteiger partial charge < -0.3 is 10.2 Å². The average molecular weight is 448 g/mol. The Morgan fingerprint density at radius 2 is 1.91 bits per heavy atom. The first-order valence-electron chi connectivity index (χ1n) is 11.1. The highest BCUT2D eigenvalue weighted by atomic mass is 32.1. The molecule has 2 amide bonds. The van der Waals surface area contributed by atoms with Crippen molar-refractivity contribution < 1.29 is 9.59 Å². The zero-order valence-corrected chi connectivity index (χ0v) is 19.4. The van der Waals surface area contributed by atoms with Crippen LogP contribution in [0.2, 0.25) is 0 Å². The number of amides is 2. The predicted molar refractivity (Wildman–Crippen MR) is 129 cm³/mol. The standard InChI is InChI=1S/C26H29N3O2S/c1-19(2)28-25(31)26(18-20-7-5-8-21(17-20)23-10-6-16-32-23)11-14-29(15-12-26)24(30)22-9-3-4-13-27-22/h3-10,13,16-17,19H,11-12,14-15,18H2,1-2H3,(H,28,31). The first-order valence-corrected chi connectivity index (χ1v) is 12.0. The molecule has 3 aromatic rings. The maximum atomic E-state index is 13.4. The van der Waals surface area contributed by atoms with Crippen molar-refractivity contribution in [1.29, 1.82) is 0 Å². The topological polar surface area (TPSA) is 62.3 Å². The van der Waals surface area contributed by atoms with Gasteiger partial charge in [-0.05, 0) is 67.8 Å². The lowest BCUT2D eigenvalue weighted by Gasteiger charge is -2.41. The molecule has 2 aromatic heterocycles. The van der Waals surface area contributed by atoms with E-state index in [0.717, 1.165) is 5.56 Å². The van der Waals surface area contributed by atoms with Crippen LogP contribution in [0, 0.1) is 5.41 Å². The quantitative estimate of drug-likeness (QED) is 0.590. The first-order chi connectivity index (χ1) is 15.5. The zero-order chi connectivity index (χ0) is 22.6. The third-order valence-corrected chi connectivity index (χ3v) is 6.99. The molecule has 1 aromatic carbocycles. The van der Waals surface area contributed by atoms with E-state index in [1.807, 2.05) is 24.8 Å². The maximum Gasteiger partial charge on any atom is 0.272 e. The van der Waals surface area contributed by atoms with Gasteiger partial charge in [0.15, 0.2) is 0 Å². The van der Waals surface area contributed by atoms with Crippen molar-refractivity contribution in [2.24, 2.45) is 5.41 Å². The smallest absolute Gasteiger partial charge is 0.272 e. The molecule has 0 atom stereocenters. The highest BCUT2D eigenvalue weighted by molar-refractivity contribution is 7.13. The van der Waals surface area contributed by atoms with Crippen molar-refractivity contribution in [3.05, 3.63) is 77.4 Å². The van der Waals surface area contributed by atoms with Crippen LogP contribution in [-0.2, 0) is 11.2 Å². The van der Waals surface area contributed by atoms with Crippen LogP contribution >= 0.6 is 11.3 Å². The van der Waals surface area contributed by atoms with Crippen molar-refractivity contribution in [2.75, 3.05) is 13.1 Å². The van der Waals surface area contributed by atoms with Gasteiger partial charge in [0.2, 0.25) is 5.91 Å². The summed E-state index contributed by atoms with van der Waals surface area (Å²) in [6, 6.07) is 18.1. The van der Waals surface area contributed by atoms with Crippen LogP contribution in [0.4, 0.5) is 0 Å². The van der Waals surface area contributed by atoms with E-state index in [9.17, 15) is 9.59 Å². The van der Waals surface area contributed by atoms with Crippen molar-refractivity contribution in [3.8, 4) is 10.4 Å². The monoisotopic (exact) mass is 447 g/mol. The van der Waals surface area contributed by atoms with Crippen molar-refractivity contribution in [2.45, 2.75) is 39.2 Å². The second-order valence-corrected chi connectivity index (χ2v) is 9.72. The van der Waals surface area contributed by atoms with Gasteiger partial charge >= 0.3 is 0 Å². The summed E-state index contributed by atoms with van der Waals surface area (Å²) in [5.74, 6) is 0.0159. The lowest BCUT2D eigenvalue weighted by molar-refractivity contribution is -0.134. The number of piperidine rings is 1. The van der Waals surface area contributed by atoms with Gasteiger partial charge in [-0.2, -0.15) is 0 Å². The highest BCUT2D eigenvalue weighted by Gasteiger charge is 2.42. The molecule has 3 heterocycles. The summed E-state index contributed by atoms with van der Waals surface area (Å²) in [5.41, 5.74) is 2.26. The Labute approximate surface area is 193 Å². The first kappa shape index (κ1) is 22.2. The highest BCUT2D eigenvalue weighted by Crippen LogP contribution is 2.37. The molecule has 5 nitrogen and oxygen atoms in total. The van der Waals surface area contributed by atoms with E-state index in [1.54, 1.807) is 29.7 Å². The lowest BCUT2D eigenvalue weighted by Crippen LogP contribution is -2.52. The summed E-state index contributed by atoms with van der Waals surface area (Å²) >= 11 is 1.72. The van der Waals surface area contributed by atoms with E-state index in [-0.39, 0.29) is 17.9 Å². The fraction of sp³-hybridized carbons (Fsp3) is 0.346. The predicted octanol–water partition coefficient (Wildman–Crippen LogP) is 4.80. The molecule has 1 aliphatic rings. The number of aromatic nitrogens is 1. The molecule has 0 bridgehead atoms. The molecule has 32 heavy (non-hydrogen) atoms. The lowest BCUT2D eigenvalue weighted by atomic mass is 9.72. The Bertz CT molecular complexity index is 1060. The molecule has 0 spiro atoms. The molecule has 1 saturated heterocycles. The Balaban J connectivity index is 1.55. The molecular weight excluding hydrogens is 418 g/mol. The molecule has 166 valence electrons. The Morgan fingerprint density at radius 1 is 1.09 bits per heavy atom. The molecular formula is C26H29N3O2S. The van der Waals surface area contributed by atoms with E-state index < -0.39 is 5.41 Å². The number of nitrogens with one attached hydrogen (secondary N) is 1. The second kappa shape index (κ2) is 9.65. The van der Waals surface area contributed by atoms with Gasteiger partial charge in [-0.15, -0.1) is 11.3 Å². The van der Waals surface area contributed by atoms with Gasteiger partial charge in [0, 0.05) is 30.2 Å². The van der Waals surface area contributed by atoms with E-state index >= 15 is 0 Å². The fourth-order valence-corrected chi connectivity index (χ4v) is 5.08. The number of nitrogens with zero attached hydrogens (tertiary/aromatic N) is 2. The average Bonchev–Trinajstić information content (AvgIpc) is 3.34. The fourth-order valence-electron chi connectivity index (χ4n) is 4.36. The molecule has 0 saturated carbocycles. The van der Waals surface area contributed by atoms with E-state index in [0.29, 0.717) is 38.0 Å². The Hall–Kier alpha value is -2.99. The largest absolute Gasteiger partial charge is 0.353 e. The summed E-state index contributed by atoms with van der Waals surface area (Å²) < 4.78 is 0. The van der Waals surface area contributed by atoms with Crippen LogP contribution in [0.5, 0.6) is 0 Å². The van der Waals surface area contributed by atoms with Crippen LogP contribution in [-0.4, -0.2) is 40.8 Å². The van der Waals surface area contributed by atoms with Gasteiger partial charge in [0.1, 0.15) is 5.69 Å². The molecule has 0 aliphatic carbocycles. The SMILES string of the molecule is CC(C)NC(=O)C1(Cc2cccc(-c3cccs3)c2)CCN(C(=O)c2ccccn2)CC1. The third-order valence-electron chi connectivity index (χ3n) is 6.07. The van der Waals surface area contributed by atoms with Crippen molar-refractivity contribution in [1.82, 2.24) is 15.2 Å². The van der Waals surface area contributed by atoms with E-state index in [1.165, 1.54) is 10.4 Å². The summed E-state index contributed by atoms with van der Waals surface area (Å²) in [4.78, 5) is 33.5. The van der Waals surface area contributed by atoms with Crippen LogP contribution in [0.15, 0.2) is 66.2 Å².